The quantitative estimate of drug-likeness (QED) is 0.873. The monoisotopic (exact) mass is 267 g/mol. The third-order valence-corrected chi connectivity index (χ3v) is 4.44. The van der Waals surface area contributed by atoms with Crippen molar-refractivity contribution >= 4 is 28.6 Å². The second kappa shape index (κ2) is 5.44. The van der Waals surface area contributed by atoms with Gasteiger partial charge in [-0.1, -0.05) is 6.07 Å². The van der Waals surface area contributed by atoms with Gasteiger partial charge in [-0.3, -0.25) is 0 Å². The van der Waals surface area contributed by atoms with Crippen LogP contribution in [0, 0.1) is 0 Å². The Kier molecular flexibility index (Phi) is 3.93. The first-order chi connectivity index (χ1) is 8.16. The lowest BCUT2D eigenvalue weighted by atomic mass is 10.2. The van der Waals surface area contributed by atoms with E-state index in [2.05, 4.69) is 23.7 Å². The number of hydrogen-bond donors (Lipinski definition) is 2. The van der Waals surface area contributed by atoms with Crippen molar-refractivity contribution in [2.45, 2.75) is 19.5 Å². The zero-order valence-corrected chi connectivity index (χ0v) is 11.0. The number of carboxylic acid groups (broad SMARTS) is 1. The van der Waals surface area contributed by atoms with E-state index in [-0.39, 0.29) is 0 Å². The molecular formula is C12H13NO2S2. The fourth-order valence-electron chi connectivity index (χ4n) is 1.48. The van der Waals surface area contributed by atoms with Gasteiger partial charge in [0.1, 0.15) is 0 Å². The molecule has 0 bridgehead atoms. The average molecular weight is 267 g/mol. The maximum absolute atomic E-state index is 10.7. The molecule has 0 aliphatic carbocycles. The first-order valence-electron chi connectivity index (χ1n) is 5.24. The Bertz CT molecular complexity index is 490. The number of hydrogen-bond acceptors (Lipinski definition) is 4. The van der Waals surface area contributed by atoms with Crippen LogP contribution in [0.1, 0.15) is 33.1 Å². The molecule has 2 N–H and O–H groups in total. The molecule has 0 saturated carbocycles. The van der Waals surface area contributed by atoms with Gasteiger partial charge in [0.2, 0.25) is 0 Å². The van der Waals surface area contributed by atoms with Crippen LogP contribution in [0.15, 0.2) is 29.0 Å². The number of rotatable bonds is 5. The van der Waals surface area contributed by atoms with Crippen LogP contribution in [0.25, 0.3) is 0 Å². The highest BCUT2D eigenvalue weighted by Gasteiger charge is 2.09. The summed E-state index contributed by atoms with van der Waals surface area (Å²) in [6, 6.07) is 6.15. The van der Waals surface area contributed by atoms with Crippen molar-refractivity contribution < 1.29 is 9.90 Å². The van der Waals surface area contributed by atoms with Crippen LogP contribution in [0.2, 0.25) is 0 Å². The molecule has 0 saturated heterocycles. The van der Waals surface area contributed by atoms with Crippen molar-refractivity contribution in [3.63, 3.8) is 0 Å². The van der Waals surface area contributed by atoms with E-state index in [1.165, 1.54) is 16.2 Å². The second-order valence-corrected chi connectivity index (χ2v) is 5.70. The maximum atomic E-state index is 10.7. The highest BCUT2D eigenvalue weighted by molar-refractivity contribution is 7.10. The van der Waals surface area contributed by atoms with Gasteiger partial charge in [0.25, 0.3) is 0 Å². The third kappa shape index (κ3) is 3.15. The molecule has 0 spiro atoms. The first-order valence-corrected chi connectivity index (χ1v) is 7.00. The van der Waals surface area contributed by atoms with E-state index in [0.29, 0.717) is 18.2 Å². The molecule has 1 atom stereocenters. The Morgan fingerprint density at radius 3 is 2.94 bits per heavy atom. The molecule has 17 heavy (non-hydrogen) atoms. The number of carboxylic acids is 1. The molecule has 0 aromatic carbocycles. The fourth-order valence-corrected chi connectivity index (χ4v) is 3.05. The summed E-state index contributed by atoms with van der Waals surface area (Å²) in [6.07, 6.45) is 0. The SMILES string of the molecule is C[C@@H](NCc1cc(C(=O)O)cs1)c1cccs1. The maximum Gasteiger partial charge on any atom is 0.336 e. The molecule has 3 nitrogen and oxygen atoms in total. The van der Waals surface area contributed by atoms with Gasteiger partial charge in [0.15, 0.2) is 0 Å². The summed E-state index contributed by atoms with van der Waals surface area (Å²) in [4.78, 5) is 13.1. The summed E-state index contributed by atoms with van der Waals surface area (Å²) < 4.78 is 0. The summed E-state index contributed by atoms with van der Waals surface area (Å²) in [5, 5.41) is 15.9. The molecule has 0 fully saturated rings. The van der Waals surface area contributed by atoms with Gasteiger partial charge >= 0.3 is 5.97 Å². The number of aromatic carboxylic acids is 1. The Balaban J connectivity index is 1.91. The van der Waals surface area contributed by atoms with Gasteiger partial charge in [-0.2, -0.15) is 0 Å². The van der Waals surface area contributed by atoms with E-state index in [4.69, 9.17) is 5.11 Å². The third-order valence-electron chi connectivity index (χ3n) is 2.45. The Hall–Kier alpha value is -1.17. The van der Waals surface area contributed by atoms with E-state index in [9.17, 15) is 4.79 Å². The molecule has 0 unspecified atom stereocenters. The molecule has 5 heteroatoms. The largest absolute Gasteiger partial charge is 0.478 e. The molecule has 2 rings (SSSR count). The average Bonchev–Trinajstić information content (AvgIpc) is 2.97. The summed E-state index contributed by atoms with van der Waals surface area (Å²) in [5.74, 6) is -0.862. The minimum absolute atomic E-state index is 0.297. The number of carbonyl (C=O) groups is 1. The van der Waals surface area contributed by atoms with Crippen LogP contribution >= 0.6 is 22.7 Å². The minimum Gasteiger partial charge on any atom is -0.478 e. The molecule has 0 aliphatic rings. The van der Waals surface area contributed by atoms with E-state index in [0.717, 1.165) is 4.88 Å². The normalized spacial score (nSPS) is 12.5. The van der Waals surface area contributed by atoms with Crippen LogP contribution in [0.4, 0.5) is 0 Å². The molecule has 0 amide bonds. The summed E-state index contributed by atoms with van der Waals surface area (Å²) >= 11 is 3.20. The van der Waals surface area contributed by atoms with E-state index < -0.39 is 5.97 Å². The molecule has 2 aromatic heterocycles. The first kappa shape index (κ1) is 12.3. The van der Waals surface area contributed by atoms with Gasteiger partial charge in [-0.25, -0.2) is 4.79 Å². The summed E-state index contributed by atoms with van der Waals surface area (Å²) in [5.41, 5.74) is 0.371. The van der Waals surface area contributed by atoms with Gasteiger partial charge in [-0.15, -0.1) is 22.7 Å². The fraction of sp³-hybridized carbons (Fsp3) is 0.250. The Morgan fingerprint density at radius 1 is 1.53 bits per heavy atom. The molecule has 0 radical (unpaired) electrons. The minimum atomic E-state index is -0.862. The Morgan fingerprint density at radius 2 is 2.35 bits per heavy atom. The molecular weight excluding hydrogens is 254 g/mol. The van der Waals surface area contributed by atoms with Crippen LogP contribution in [0.5, 0.6) is 0 Å². The number of thiophene rings is 2. The predicted octanol–water partition coefficient (Wildman–Crippen LogP) is 3.36. The van der Waals surface area contributed by atoms with Crippen LogP contribution < -0.4 is 5.32 Å². The molecule has 2 aromatic rings. The summed E-state index contributed by atoms with van der Waals surface area (Å²) in [6.45, 7) is 2.81. The number of nitrogens with one attached hydrogen (secondary N) is 1. The summed E-state index contributed by atoms with van der Waals surface area (Å²) in [7, 11) is 0. The smallest absolute Gasteiger partial charge is 0.336 e. The zero-order valence-electron chi connectivity index (χ0n) is 9.34. The van der Waals surface area contributed by atoms with Gasteiger partial charge < -0.3 is 10.4 Å². The van der Waals surface area contributed by atoms with E-state index >= 15 is 0 Å². The van der Waals surface area contributed by atoms with Gasteiger partial charge in [-0.05, 0) is 24.4 Å². The molecule has 0 aliphatic heterocycles. The van der Waals surface area contributed by atoms with Crippen molar-refractivity contribution in [1.29, 1.82) is 0 Å². The van der Waals surface area contributed by atoms with Crippen molar-refractivity contribution in [2.75, 3.05) is 0 Å². The van der Waals surface area contributed by atoms with Crippen molar-refractivity contribution in [3.05, 3.63) is 44.3 Å². The predicted molar refractivity (Wildman–Crippen MR) is 70.9 cm³/mol. The van der Waals surface area contributed by atoms with Crippen LogP contribution in [-0.4, -0.2) is 11.1 Å². The van der Waals surface area contributed by atoms with Crippen molar-refractivity contribution in [1.82, 2.24) is 5.32 Å². The lowest BCUT2D eigenvalue weighted by Crippen LogP contribution is -2.16. The molecule has 90 valence electrons. The lowest BCUT2D eigenvalue weighted by Gasteiger charge is -2.10. The topological polar surface area (TPSA) is 49.3 Å². The second-order valence-electron chi connectivity index (χ2n) is 3.72. The zero-order chi connectivity index (χ0) is 12.3. The van der Waals surface area contributed by atoms with Gasteiger partial charge in [0.05, 0.1) is 5.56 Å². The van der Waals surface area contributed by atoms with Gasteiger partial charge in [0, 0.05) is 27.7 Å². The van der Waals surface area contributed by atoms with Crippen molar-refractivity contribution in [2.24, 2.45) is 0 Å². The lowest BCUT2D eigenvalue weighted by molar-refractivity contribution is 0.0697. The highest BCUT2D eigenvalue weighted by atomic mass is 32.1. The van der Waals surface area contributed by atoms with Crippen LogP contribution in [-0.2, 0) is 6.54 Å². The van der Waals surface area contributed by atoms with Crippen molar-refractivity contribution in [3.8, 4) is 0 Å². The van der Waals surface area contributed by atoms with Crippen LogP contribution in [0.3, 0.4) is 0 Å². The Labute approximate surface area is 108 Å². The molecule has 2 heterocycles. The van der Waals surface area contributed by atoms with E-state index in [1.807, 2.05) is 6.07 Å². The standard InChI is InChI=1S/C12H13NO2S2/c1-8(11-3-2-4-16-11)13-6-10-5-9(7-17-10)12(14)15/h2-5,7-8,13H,6H2,1H3,(H,14,15)/t8-/m1/s1. The highest BCUT2D eigenvalue weighted by Crippen LogP contribution is 2.20. The van der Waals surface area contributed by atoms with E-state index in [1.54, 1.807) is 22.8 Å².